The predicted molar refractivity (Wildman–Crippen MR) is 139 cm³/mol. The van der Waals surface area contributed by atoms with Crippen molar-refractivity contribution in [1.82, 2.24) is 0 Å². The Morgan fingerprint density at radius 1 is 0.697 bits per heavy atom. The summed E-state index contributed by atoms with van der Waals surface area (Å²) in [7, 11) is -2.53. The van der Waals surface area contributed by atoms with Crippen molar-refractivity contribution in [3.63, 3.8) is 0 Å². The topological polar surface area (TPSA) is 57.5 Å². The number of benzene rings is 3. The second kappa shape index (κ2) is 16.3. The average Bonchev–Trinajstić information content (AvgIpc) is 2.87. The van der Waals surface area contributed by atoms with Crippen LogP contribution < -0.4 is 0 Å². The van der Waals surface area contributed by atoms with Crippen LogP contribution in [0.1, 0.15) is 75.3 Å². The molecule has 0 saturated carbocycles. The van der Waals surface area contributed by atoms with Gasteiger partial charge in [0.15, 0.2) is 0 Å². The Bertz CT molecular complexity index is 912. The van der Waals surface area contributed by atoms with Gasteiger partial charge in [0.2, 0.25) is 0 Å². The summed E-state index contributed by atoms with van der Waals surface area (Å²) >= 11 is 0. The number of unbranched alkanes of at least 4 members (excludes halogenated alkanes) is 7. The van der Waals surface area contributed by atoms with E-state index in [1.54, 1.807) is 30.3 Å². The molecule has 3 nitrogen and oxygen atoms in total. The van der Waals surface area contributed by atoms with Crippen LogP contribution >= 0.6 is 8.03 Å². The van der Waals surface area contributed by atoms with Crippen molar-refractivity contribution in [2.45, 2.75) is 70.6 Å². The summed E-state index contributed by atoms with van der Waals surface area (Å²) in [5.74, 6) is -1.26. The van der Waals surface area contributed by atoms with Crippen molar-refractivity contribution in [3.8, 4) is 11.1 Å². The molecule has 0 radical (unpaired) electrons. The van der Waals surface area contributed by atoms with Crippen LogP contribution in [-0.4, -0.2) is 10.00 Å². The van der Waals surface area contributed by atoms with Gasteiger partial charge >= 0.3 is 13.9 Å². The molecule has 33 heavy (non-hydrogen) atoms. The average molecular weight is 466 g/mol. The molecule has 0 spiro atoms. The molecule has 0 saturated heterocycles. The Hall–Kier alpha value is -2.32. The first kappa shape index (κ1) is 26.9. The van der Waals surface area contributed by atoms with Crippen LogP contribution in [-0.2, 0) is 11.0 Å². The molecule has 0 heterocycles. The SMILES string of the molecule is CCCCCCCCCCc1ccccc1-c1ccccc1.O=[P+](O)C(O)c1ccccc1. The minimum atomic E-state index is -2.53. The quantitative estimate of drug-likeness (QED) is 0.208. The van der Waals surface area contributed by atoms with Crippen LogP contribution in [0.25, 0.3) is 11.1 Å². The van der Waals surface area contributed by atoms with E-state index in [1.807, 2.05) is 0 Å². The Labute approximate surface area is 200 Å². The number of hydrogen-bond acceptors (Lipinski definition) is 2. The Balaban J connectivity index is 0.000000294. The molecule has 0 aliphatic heterocycles. The van der Waals surface area contributed by atoms with Gasteiger partial charge in [0.05, 0.1) is 0 Å². The highest BCUT2D eigenvalue weighted by Crippen LogP contribution is 2.34. The number of aryl methyl sites for hydroxylation is 1. The summed E-state index contributed by atoms with van der Waals surface area (Å²) in [5.41, 5.74) is 4.72. The van der Waals surface area contributed by atoms with Gasteiger partial charge in [0.25, 0.3) is 0 Å². The third kappa shape index (κ3) is 10.4. The predicted octanol–water partition coefficient (Wildman–Crippen LogP) is 8.45. The molecule has 2 unspecified atom stereocenters. The van der Waals surface area contributed by atoms with E-state index in [9.17, 15) is 4.57 Å². The van der Waals surface area contributed by atoms with Crippen molar-refractivity contribution in [2.75, 3.05) is 0 Å². The molecule has 3 aromatic rings. The van der Waals surface area contributed by atoms with Crippen LogP contribution in [0, 0.1) is 0 Å². The number of aliphatic hydroxyl groups is 1. The van der Waals surface area contributed by atoms with Crippen LogP contribution in [0.4, 0.5) is 0 Å². The summed E-state index contributed by atoms with van der Waals surface area (Å²) in [4.78, 5) is 8.53. The normalized spacial score (nSPS) is 11.9. The highest BCUT2D eigenvalue weighted by Gasteiger charge is 2.27. The minimum absolute atomic E-state index is 0.469. The summed E-state index contributed by atoms with van der Waals surface area (Å²) in [6.45, 7) is 2.28. The van der Waals surface area contributed by atoms with E-state index in [1.165, 1.54) is 74.5 Å². The summed E-state index contributed by atoms with van der Waals surface area (Å²) in [5, 5.41) is 9.06. The summed E-state index contributed by atoms with van der Waals surface area (Å²) in [6, 6.07) is 28.1. The monoisotopic (exact) mass is 465 g/mol. The molecule has 176 valence electrons. The second-order valence-corrected chi connectivity index (χ2v) is 9.43. The van der Waals surface area contributed by atoms with Crippen molar-refractivity contribution in [2.24, 2.45) is 0 Å². The van der Waals surface area contributed by atoms with E-state index in [-0.39, 0.29) is 0 Å². The van der Waals surface area contributed by atoms with E-state index in [0.29, 0.717) is 5.56 Å². The number of hydrogen-bond donors (Lipinski definition) is 2. The first-order chi connectivity index (χ1) is 16.1. The van der Waals surface area contributed by atoms with E-state index < -0.39 is 13.9 Å². The van der Waals surface area contributed by atoms with Gasteiger partial charge in [0, 0.05) is 5.56 Å². The maximum absolute atomic E-state index is 10.4. The lowest BCUT2D eigenvalue weighted by molar-refractivity contribution is 0.243. The Morgan fingerprint density at radius 3 is 1.82 bits per heavy atom. The summed E-state index contributed by atoms with van der Waals surface area (Å²) < 4.78 is 10.4. The lowest BCUT2D eigenvalue weighted by atomic mass is 9.95. The Morgan fingerprint density at radius 2 is 1.21 bits per heavy atom. The van der Waals surface area contributed by atoms with Gasteiger partial charge in [0.1, 0.15) is 0 Å². The molecule has 3 rings (SSSR count). The Kier molecular flexibility index (Phi) is 13.3. The number of rotatable bonds is 12. The molecule has 3 aromatic carbocycles. The zero-order chi connectivity index (χ0) is 23.7. The molecule has 2 N–H and O–H groups in total. The fraction of sp³-hybridized carbons (Fsp3) is 0.379. The van der Waals surface area contributed by atoms with Crippen LogP contribution in [0.3, 0.4) is 0 Å². The molecule has 2 atom stereocenters. The molecule has 0 aliphatic carbocycles. The van der Waals surface area contributed by atoms with Crippen LogP contribution in [0.2, 0.25) is 0 Å². The molecule has 0 aliphatic rings. The van der Waals surface area contributed by atoms with Gasteiger partial charge in [-0.05, 0) is 34.1 Å². The van der Waals surface area contributed by atoms with Crippen molar-refractivity contribution < 1.29 is 14.6 Å². The van der Waals surface area contributed by atoms with Gasteiger partial charge in [-0.1, -0.05) is 137 Å². The van der Waals surface area contributed by atoms with E-state index in [4.69, 9.17) is 10.00 Å². The zero-order valence-electron chi connectivity index (χ0n) is 19.8. The van der Waals surface area contributed by atoms with Crippen LogP contribution in [0.15, 0.2) is 84.9 Å². The first-order valence-corrected chi connectivity index (χ1v) is 13.4. The first-order valence-electron chi connectivity index (χ1n) is 12.1. The fourth-order valence-corrected chi connectivity index (χ4v) is 4.27. The maximum atomic E-state index is 10.4. The fourth-order valence-electron chi connectivity index (χ4n) is 3.84. The van der Waals surface area contributed by atoms with E-state index >= 15 is 0 Å². The number of aliphatic hydroxyl groups excluding tert-OH is 1. The van der Waals surface area contributed by atoms with Gasteiger partial charge in [-0.3, -0.25) is 0 Å². The standard InChI is InChI=1S/C22H30.C7H7O3P/c1-2-3-4-5-6-7-8-10-15-21-18-13-14-19-22(21)20-16-11-9-12-17-20;8-7(11(9)10)6-4-2-1-3-5-6/h9,11-14,16-19H,2-8,10,15H2,1H3;1-5,7-8H/p+1. The van der Waals surface area contributed by atoms with Gasteiger partial charge in [-0.25, -0.2) is 0 Å². The molecular weight excluding hydrogens is 427 g/mol. The highest BCUT2D eigenvalue weighted by atomic mass is 31.1. The second-order valence-electron chi connectivity index (χ2n) is 8.33. The molecule has 0 amide bonds. The molecule has 0 fully saturated rings. The maximum Gasteiger partial charge on any atom is 0.542 e. The lowest BCUT2D eigenvalue weighted by Crippen LogP contribution is -1.91. The summed E-state index contributed by atoms with van der Waals surface area (Å²) in [6.07, 6.45) is 12.3. The third-order valence-corrected chi connectivity index (χ3v) is 6.43. The van der Waals surface area contributed by atoms with E-state index in [0.717, 1.165) is 0 Å². The third-order valence-electron chi connectivity index (χ3n) is 5.71. The van der Waals surface area contributed by atoms with Crippen molar-refractivity contribution in [3.05, 3.63) is 96.1 Å². The van der Waals surface area contributed by atoms with Crippen LogP contribution in [0.5, 0.6) is 0 Å². The van der Waals surface area contributed by atoms with Crippen molar-refractivity contribution >= 4 is 8.03 Å². The van der Waals surface area contributed by atoms with Gasteiger partial charge in [-0.15, -0.1) is 0 Å². The molecule has 0 aromatic heterocycles. The van der Waals surface area contributed by atoms with Gasteiger partial charge in [-0.2, -0.15) is 4.89 Å². The van der Waals surface area contributed by atoms with Gasteiger partial charge < -0.3 is 5.11 Å². The molecule has 0 bridgehead atoms. The van der Waals surface area contributed by atoms with Crippen molar-refractivity contribution in [1.29, 1.82) is 0 Å². The molecular formula is C29H38O3P+. The zero-order valence-corrected chi connectivity index (χ0v) is 20.7. The largest absolute Gasteiger partial charge is 0.542 e. The minimum Gasteiger partial charge on any atom is -0.345 e. The highest BCUT2D eigenvalue weighted by molar-refractivity contribution is 7.38. The smallest absolute Gasteiger partial charge is 0.345 e. The van der Waals surface area contributed by atoms with E-state index in [2.05, 4.69) is 61.5 Å². The lowest BCUT2D eigenvalue weighted by Gasteiger charge is -2.09. The molecule has 4 heteroatoms.